The third kappa shape index (κ3) is 4.15. The van der Waals surface area contributed by atoms with Crippen molar-refractivity contribution in [1.29, 1.82) is 0 Å². The van der Waals surface area contributed by atoms with Crippen molar-refractivity contribution >= 4 is 11.6 Å². The molecule has 3 heteroatoms. The number of carbonyl (C=O) groups excluding carboxylic acids is 1. The van der Waals surface area contributed by atoms with Gasteiger partial charge in [-0.3, -0.25) is 4.79 Å². The standard InChI is InChI=1S/C13H18N2O.C2H6/c1-14-8-7-10-5-6-11-3-2-4-13(16)15-12(11)9-10;1-2/h5-6,9,14H,2-4,7-8H2,1H3,(H,15,16);1-2H3. The molecule has 2 rings (SSSR count). The van der Waals surface area contributed by atoms with Crippen LogP contribution in [0.1, 0.15) is 37.8 Å². The zero-order valence-electron chi connectivity index (χ0n) is 11.7. The predicted molar refractivity (Wildman–Crippen MR) is 77.0 cm³/mol. The van der Waals surface area contributed by atoms with Gasteiger partial charge in [-0.1, -0.05) is 26.0 Å². The molecule has 1 aromatic carbocycles. The Kier molecular flexibility index (Phi) is 6.44. The molecule has 1 aliphatic rings. The average molecular weight is 248 g/mol. The van der Waals surface area contributed by atoms with Gasteiger partial charge in [-0.15, -0.1) is 0 Å². The third-order valence-corrected chi connectivity index (χ3v) is 2.96. The quantitative estimate of drug-likeness (QED) is 0.863. The zero-order chi connectivity index (χ0) is 13.4. The van der Waals surface area contributed by atoms with E-state index >= 15 is 0 Å². The number of hydrogen-bond acceptors (Lipinski definition) is 2. The minimum absolute atomic E-state index is 0.143. The number of carbonyl (C=O) groups is 1. The van der Waals surface area contributed by atoms with Gasteiger partial charge in [0.25, 0.3) is 0 Å². The van der Waals surface area contributed by atoms with Crippen LogP contribution in [-0.4, -0.2) is 19.5 Å². The van der Waals surface area contributed by atoms with E-state index in [-0.39, 0.29) is 5.91 Å². The fraction of sp³-hybridized carbons (Fsp3) is 0.533. The molecule has 0 aromatic heterocycles. The molecular formula is C15H24N2O. The fourth-order valence-electron chi connectivity index (χ4n) is 2.03. The van der Waals surface area contributed by atoms with E-state index in [1.807, 2.05) is 20.9 Å². The van der Waals surface area contributed by atoms with Gasteiger partial charge in [-0.25, -0.2) is 0 Å². The number of anilines is 1. The van der Waals surface area contributed by atoms with Crippen LogP contribution in [0.2, 0.25) is 0 Å². The van der Waals surface area contributed by atoms with Crippen LogP contribution in [0.25, 0.3) is 0 Å². The molecule has 1 amide bonds. The number of nitrogens with one attached hydrogen (secondary N) is 2. The van der Waals surface area contributed by atoms with Gasteiger partial charge in [-0.2, -0.15) is 0 Å². The number of rotatable bonds is 3. The minimum Gasteiger partial charge on any atom is -0.326 e. The Labute approximate surface area is 110 Å². The summed E-state index contributed by atoms with van der Waals surface area (Å²) in [6, 6.07) is 6.41. The first-order chi connectivity index (χ1) is 8.79. The Bertz CT molecular complexity index is 388. The monoisotopic (exact) mass is 248 g/mol. The Morgan fingerprint density at radius 3 is 2.78 bits per heavy atom. The van der Waals surface area contributed by atoms with Crippen LogP contribution in [0.3, 0.4) is 0 Å². The van der Waals surface area contributed by atoms with Gasteiger partial charge >= 0.3 is 0 Å². The number of amides is 1. The summed E-state index contributed by atoms with van der Waals surface area (Å²) in [6.45, 7) is 4.97. The molecule has 1 aromatic rings. The summed E-state index contributed by atoms with van der Waals surface area (Å²) >= 11 is 0. The highest BCUT2D eigenvalue weighted by Crippen LogP contribution is 2.23. The lowest BCUT2D eigenvalue weighted by Crippen LogP contribution is -2.12. The van der Waals surface area contributed by atoms with Crippen molar-refractivity contribution in [3.8, 4) is 0 Å². The van der Waals surface area contributed by atoms with Crippen molar-refractivity contribution in [1.82, 2.24) is 5.32 Å². The van der Waals surface area contributed by atoms with Crippen molar-refractivity contribution in [2.75, 3.05) is 18.9 Å². The van der Waals surface area contributed by atoms with Crippen molar-refractivity contribution in [2.24, 2.45) is 0 Å². The number of aryl methyl sites for hydroxylation is 1. The van der Waals surface area contributed by atoms with E-state index in [9.17, 15) is 4.79 Å². The lowest BCUT2D eigenvalue weighted by molar-refractivity contribution is -0.116. The molecule has 100 valence electrons. The van der Waals surface area contributed by atoms with Gasteiger partial charge in [0.15, 0.2) is 0 Å². The molecule has 0 radical (unpaired) electrons. The van der Waals surface area contributed by atoms with Crippen molar-refractivity contribution in [3.05, 3.63) is 29.3 Å². The summed E-state index contributed by atoms with van der Waals surface area (Å²) in [5.41, 5.74) is 3.55. The van der Waals surface area contributed by atoms with Crippen LogP contribution in [0.4, 0.5) is 5.69 Å². The molecule has 1 heterocycles. The molecule has 0 unspecified atom stereocenters. The van der Waals surface area contributed by atoms with E-state index in [4.69, 9.17) is 0 Å². The van der Waals surface area contributed by atoms with Gasteiger partial charge < -0.3 is 10.6 Å². The summed E-state index contributed by atoms with van der Waals surface area (Å²) in [5, 5.41) is 6.11. The lowest BCUT2D eigenvalue weighted by Gasteiger charge is -2.09. The van der Waals surface area contributed by atoms with E-state index in [2.05, 4.69) is 28.8 Å². The van der Waals surface area contributed by atoms with Gasteiger partial charge in [0.05, 0.1) is 0 Å². The van der Waals surface area contributed by atoms with Crippen molar-refractivity contribution in [3.63, 3.8) is 0 Å². The number of fused-ring (bicyclic) bond motifs is 1. The van der Waals surface area contributed by atoms with E-state index < -0.39 is 0 Å². The predicted octanol–water partition coefficient (Wildman–Crippen LogP) is 2.75. The maximum atomic E-state index is 11.4. The van der Waals surface area contributed by atoms with Crippen molar-refractivity contribution in [2.45, 2.75) is 39.5 Å². The number of likely N-dealkylation sites (N-methyl/N-ethyl adjacent to an activating group) is 1. The first-order valence-electron chi connectivity index (χ1n) is 6.86. The van der Waals surface area contributed by atoms with E-state index in [0.29, 0.717) is 6.42 Å². The van der Waals surface area contributed by atoms with Crippen LogP contribution < -0.4 is 10.6 Å². The van der Waals surface area contributed by atoms with Crippen LogP contribution in [-0.2, 0) is 17.6 Å². The maximum Gasteiger partial charge on any atom is 0.224 e. The van der Waals surface area contributed by atoms with Crippen molar-refractivity contribution < 1.29 is 4.79 Å². The molecule has 3 nitrogen and oxygen atoms in total. The first kappa shape index (κ1) is 14.7. The van der Waals surface area contributed by atoms with Crippen LogP contribution in [0.5, 0.6) is 0 Å². The molecule has 0 saturated carbocycles. The highest BCUT2D eigenvalue weighted by atomic mass is 16.1. The number of hydrogen-bond donors (Lipinski definition) is 2. The largest absolute Gasteiger partial charge is 0.326 e. The smallest absolute Gasteiger partial charge is 0.224 e. The molecule has 0 saturated heterocycles. The average Bonchev–Trinajstić information content (AvgIpc) is 2.58. The minimum atomic E-state index is 0.143. The molecule has 0 atom stereocenters. The van der Waals surface area contributed by atoms with Crippen LogP contribution in [0, 0.1) is 0 Å². The molecule has 0 bridgehead atoms. The second-order valence-corrected chi connectivity index (χ2v) is 4.25. The SMILES string of the molecule is CC.CNCCc1ccc2c(c1)NC(=O)CCC2. The molecule has 1 aliphatic heterocycles. The highest BCUT2D eigenvalue weighted by molar-refractivity contribution is 5.92. The molecule has 0 fully saturated rings. The summed E-state index contributed by atoms with van der Waals surface area (Å²) in [6.07, 6.45) is 3.59. The normalized spacial score (nSPS) is 13.8. The second-order valence-electron chi connectivity index (χ2n) is 4.25. The third-order valence-electron chi connectivity index (χ3n) is 2.96. The maximum absolute atomic E-state index is 11.4. The second kappa shape index (κ2) is 7.88. The van der Waals surface area contributed by atoms with E-state index in [1.165, 1.54) is 11.1 Å². The summed E-state index contributed by atoms with van der Waals surface area (Å²) in [4.78, 5) is 11.4. The molecule has 2 N–H and O–H groups in total. The van der Waals surface area contributed by atoms with E-state index in [0.717, 1.165) is 31.5 Å². The highest BCUT2D eigenvalue weighted by Gasteiger charge is 2.12. The van der Waals surface area contributed by atoms with E-state index in [1.54, 1.807) is 0 Å². The van der Waals surface area contributed by atoms with Gasteiger partial charge in [0, 0.05) is 12.1 Å². The van der Waals surface area contributed by atoms with Crippen LogP contribution in [0.15, 0.2) is 18.2 Å². The zero-order valence-corrected chi connectivity index (χ0v) is 11.7. The van der Waals surface area contributed by atoms with Gasteiger partial charge in [-0.05, 0) is 50.0 Å². The lowest BCUT2D eigenvalue weighted by atomic mass is 10.0. The Hall–Kier alpha value is -1.35. The van der Waals surface area contributed by atoms with Gasteiger partial charge in [0.1, 0.15) is 0 Å². The summed E-state index contributed by atoms with van der Waals surface area (Å²) in [5.74, 6) is 0.143. The summed E-state index contributed by atoms with van der Waals surface area (Å²) < 4.78 is 0. The molecule has 18 heavy (non-hydrogen) atoms. The fourth-order valence-corrected chi connectivity index (χ4v) is 2.03. The topological polar surface area (TPSA) is 41.1 Å². The van der Waals surface area contributed by atoms with Crippen LogP contribution >= 0.6 is 0 Å². The molecule has 0 spiro atoms. The Morgan fingerprint density at radius 1 is 1.28 bits per heavy atom. The number of benzene rings is 1. The first-order valence-corrected chi connectivity index (χ1v) is 6.86. The Morgan fingerprint density at radius 2 is 2.06 bits per heavy atom. The Balaban J connectivity index is 0.000000771. The van der Waals surface area contributed by atoms with Gasteiger partial charge in [0.2, 0.25) is 5.91 Å². The molecule has 0 aliphatic carbocycles. The summed E-state index contributed by atoms with van der Waals surface area (Å²) in [7, 11) is 1.95. The molecular weight excluding hydrogens is 224 g/mol.